The molecule has 42 heavy (non-hydrogen) atoms. The molecular formula is C30H39F3N4O5. The normalized spacial score (nSPS) is 11.7. The smallest absolute Gasteiger partial charge is 0.389 e. The van der Waals surface area contributed by atoms with Gasteiger partial charge in [-0.3, -0.25) is 9.36 Å². The van der Waals surface area contributed by atoms with Crippen molar-refractivity contribution in [1.82, 2.24) is 14.3 Å². The molecule has 1 atom stereocenters. The lowest BCUT2D eigenvalue weighted by molar-refractivity contribution is -0.150. The molecule has 230 valence electrons. The molecule has 3 rings (SSSR count). The second kappa shape index (κ2) is 17.0. The third-order valence-electron chi connectivity index (χ3n) is 5.90. The summed E-state index contributed by atoms with van der Waals surface area (Å²) >= 11 is 0. The number of nitrogens with zero attached hydrogens (tertiary/aromatic N) is 3. The van der Waals surface area contributed by atoms with Crippen LogP contribution in [0.3, 0.4) is 0 Å². The summed E-state index contributed by atoms with van der Waals surface area (Å²) in [4.78, 5) is 37.8. The number of carbonyl (C=O) groups excluding carboxylic acids is 1. The van der Waals surface area contributed by atoms with Crippen molar-refractivity contribution in [1.29, 1.82) is 0 Å². The molecule has 0 aliphatic carbocycles. The van der Waals surface area contributed by atoms with E-state index in [4.69, 9.17) is 9.47 Å². The summed E-state index contributed by atoms with van der Waals surface area (Å²) in [6.45, 7) is 7.59. The number of hydrogen-bond donors (Lipinski definition) is 1. The number of anilines is 1. The second-order valence-corrected chi connectivity index (χ2v) is 9.14. The van der Waals surface area contributed by atoms with Crippen LogP contribution < -0.4 is 21.3 Å². The van der Waals surface area contributed by atoms with E-state index in [0.717, 1.165) is 14.8 Å². The van der Waals surface area contributed by atoms with Gasteiger partial charge in [0.25, 0.3) is 5.56 Å². The van der Waals surface area contributed by atoms with Gasteiger partial charge in [0.05, 0.1) is 13.2 Å². The van der Waals surface area contributed by atoms with Crippen molar-refractivity contribution in [2.75, 3.05) is 18.5 Å². The molecule has 0 spiro atoms. The second-order valence-electron chi connectivity index (χ2n) is 9.14. The number of hydrogen-bond acceptors (Lipinski definition) is 7. The standard InChI is InChI=1S/C28H33F3N4O5.C2H6/c1-3-39-26(37)20(2)40-23-14-7-12-21(18-23)13-8-16-32-24-25(36)34(19-22-10-5-4-6-11-22)27(38)35(33-24)17-9-15-28(29,30)31;1-2/h4-7,10-12,14,18,20H,3,8-9,13,15-17,19H2,1-2H3,(H,32,33);1-2H3. The topological polar surface area (TPSA) is 104 Å². The highest BCUT2D eigenvalue weighted by molar-refractivity contribution is 5.74. The molecule has 9 nitrogen and oxygen atoms in total. The Morgan fingerprint density at radius 1 is 1.02 bits per heavy atom. The Kier molecular flexibility index (Phi) is 13.8. The Morgan fingerprint density at radius 3 is 2.38 bits per heavy atom. The number of ether oxygens (including phenoxy) is 2. The van der Waals surface area contributed by atoms with Crippen LogP contribution in [0.25, 0.3) is 0 Å². The third kappa shape index (κ3) is 11.1. The Balaban J connectivity index is 0.00000301. The van der Waals surface area contributed by atoms with Gasteiger partial charge in [-0.2, -0.15) is 13.2 Å². The highest BCUT2D eigenvalue weighted by atomic mass is 19.4. The number of rotatable bonds is 14. The number of nitrogens with one attached hydrogen (secondary N) is 1. The number of aromatic nitrogens is 3. The lowest BCUT2D eigenvalue weighted by Crippen LogP contribution is -2.43. The first kappa shape index (κ1) is 34.1. The Labute approximate surface area is 243 Å². The summed E-state index contributed by atoms with van der Waals surface area (Å²) in [6.07, 6.45) is -5.35. The minimum atomic E-state index is -4.36. The van der Waals surface area contributed by atoms with E-state index in [1.807, 2.05) is 26.0 Å². The van der Waals surface area contributed by atoms with Crippen molar-refractivity contribution in [3.8, 4) is 5.75 Å². The molecule has 12 heteroatoms. The average Bonchev–Trinajstić information content (AvgIpc) is 2.96. The van der Waals surface area contributed by atoms with E-state index < -0.39 is 35.9 Å². The first-order valence-electron chi connectivity index (χ1n) is 14.1. The zero-order valence-corrected chi connectivity index (χ0v) is 24.4. The van der Waals surface area contributed by atoms with Gasteiger partial charge in [-0.05, 0) is 56.4 Å². The van der Waals surface area contributed by atoms with E-state index in [9.17, 15) is 27.6 Å². The van der Waals surface area contributed by atoms with Crippen LogP contribution >= 0.6 is 0 Å². The van der Waals surface area contributed by atoms with Gasteiger partial charge in [0.1, 0.15) is 5.75 Å². The van der Waals surface area contributed by atoms with E-state index in [0.29, 0.717) is 30.7 Å². The fourth-order valence-corrected chi connectivity index (χ4v) is 3.94. The maximum Gasteiger partial charge on any atom is 0.389 e. The van der Waals surface area contributed by atoms with Crippen molar-refractivity contribution >= 4 is 11.8 Å². The van der Waals surface area contributed by atoms with Crippen LogP contribution in [-0.4, -0.2) is 45.7 Å². The molecule has 2 aromatic carbocycles. The largest absolute Gasteiger partial charge is 0.479 e. The van der Waals surface area contributed by atoms with Crippen LogP contribution in [-0.2, 0) is 29.0 Å². The first-order chi connectivity index (χ1) is 20.1. The summed E-state index contributed by atoms with van der Waals surface area (Å²) < 4.78 is 50.5. The van der Waals surface area contributed by atoms with Crippen molar-refractivity contribution in [2.24, 2.45) is 0 Å². The lowest BCUT2D eigenvalue weighted by atomic mass is 10.1. The molecule has 0 saturated carbocycles. The molecule has 0 bridgehead atoms. The first-order valence-corrected chi connectivity index (χ1v) is 14.1. The van der Waals surface area contributed by atoms with Crippen molar-refractivity contribution in [2.45, 2.75) is 78.7 Å². The zero-order valence-electron chi connectivity index (χ0n) is 24.4. The summed E-state index contributed by atoms with van der Waals surface area (Å²) in [5.41, 5.74) is 0.210. The SMILES string of the molecule is CC.CCOC(=O)C(C)Oc1cccc(CCCNc2nn(CCCC(F)(F)F)c(=O)n(Cc3ccccc3)c2=O)c1. The maximum atomic E-state index is 13.1. The highest BCUT2D eigenvalue weighted by Gasteiger charge is 2.26. The fourth-order valence-electron chi connectivity index (χ4n) is 3.94. The van der Waals surface area contributed by atoms with E-state index in [1.165, 1.54) is 0 Å². The summed E-state index contributed by atoms with van der Waals surface area (Å²) in [7, 11) is 0. The number of alkyl halides is 3. The van der Waals surface area contributed by atoms with E-state index in [1.54, 1.807) is 56.3 Å². The molecule has 0 saturated heterocycles. The lowest BCUT2D eigenvalue weighted by Gasteiger charge is -2.14. The van der Waals surface area contributed by atoms with Gasteiger partial charge in [0, 0.05) is 19.5 Å². The van der Waals surface area contributed by atoms with Gasteiger partial charge in [-0.1, -0.05) is 56.3 Å². The van der Waals surface area contributed by atoms with Crippen LogP contribution in [0.4, 0.5) is 19.0 Å². The quantitative estimate of drug-likeness (QED) is 0.203. The van der Waals surface area contributed by atoms with Crippen molar-refractivity contribution in [3.05, 3.63) is 86.6 Å². The highest BCUT2D eigenvalue weighted by Crippen LogP contribution is 2.21. The molecule has 0 aliphatic heterocycles. The van der Waals surface area contributed by atoms with Crippen LogP contribution in [0, 0.1) is 0 Å². The maximum absolute atomic E-state index is 13.1. The van der Waals surface area contributed by atoms with Crippen LogP contribution in [0.5, 0.6) is 5.75 Å². The summed E-state index contributed by atoms with van der Waals surface area (Å²) in [6, 6.07) is 16.1. The zero-order chi connectivity index (χ0) is 31.1. The van der Waals surface area contributed by atoms with Crippen molar-refractivity contribution < 1.29 is 27.4 Å². The number of aryl methyl sites for hydroxylation is 2. The van der Waals surface area contributed by atoms with Gasteiger partial charge in [-0.25, -0.2) is 14.3 Å². The number of benzene rings is 2. The van der Waals surface area contributed by atoms with Crippen molar-refractivity contribution in [3.63, 3.8) is 0 Å². The van der Waals surface area contributed by atoms with Gasteiger partial charge < -0.3 is 14.8 Å². The molecule has 1 unspecified atom stereocenters. The molecule has 0 amide bonds. The molecule has 1 aromatic heterocycles. The van der Waals surface area contributed by atoms with Gasteiger partial charge in [0.2, 0.25) is 5.82 Å². The van der Waals surface area contributed by atoms with E-state index in [2.05, 4.69) is 10.4 Å². The van der Waals surface area contributed by atoms with Gasteiger partial charge >= 0.3 is 17.8 Å². The Bertz CT molecular complexity index is 1370. The van der Waals surface area contributed by atoms with Crippen LogP contribution in [0.2, 0.25) is 0 Å². The molecule has 1 heterocycles. The predicted molar refractivity (Wildman–Crippen MR) is 155 cm³/mol. The van der Waals surface area contributed by atoms with E-state index in [-0.39, 0.29) is 31.9 Å². The van der Waals surface area contributed by atoms with Crippen LogP contribution in [0.15, 0.2) is 64.2 Å². The monoisotopic (exact) mass is 592 g/mol. The Hall–Kier alpha value is -4.09. The molecular weight excluding hydrogens is 553 g/mol. The van der Waals surface area contributed by atoms with Gasteiger partial charge in [0.15, 0.2) is 6.10 Å². The molecule has 0 aliphatic rings. The van der Waals surface area contributed by atoms with Crippen LogP contribution in [0.1, 0.15) is 58.1 Å². The molecule has 1 N–H and O–H groups in total. The molecule has 0 fully saturated rings. The summed E-state index contributed by atoms with van der Waals surface area (Å²) in [5, 5.41) is 6.99. The summed E-state index contributed by atoms with van der Waals surface area (Å²) in [5.74, 6) is -0.0486. The third-order valence-corrected chi connectivity index (χ3v) is 5.90. The number of carbonyl (C=O) groups is 1. The van der Waals surface area contributed by atoms with E-state index >= 15 is 0 Å². The number of esters is 1. The van der Waals surface area contributed by atoms with Gasteiger partial charge in [-0.15, -0.1) is 5.10 Å². The minimum absolute atomic E-state index is 0.0357. The Morgan fingerprint density at radius 2 is 1.71 bits per heavy atom. The predicted octanol–water partition coefficient (Wildman–Crippen LogP) is 5.20. The minimum Gasteiger partial charge on any atom is -0.479 e. The molecule has 3 aromatic rings. The number of halogens is 3. The fraction of sp³-hybridized carbons (Fsp3) is 0.467. The molecule has 0 radical (unpaired) electrons. The average molecular weight is 593 g/mol.